The molecule has 1 aromatic carbocycles. The molecular weight excluding hydrogens is 356 g/mol. The fourth-order valence-corrected chi connectivity index (χ4v) is 3.51. The molecule has 0 fully saturated rings. The SMILES string of the molecule is CCc1nc(C)c(C(=O)N2CCn3nc([C@@H](O)Cc4ccccc4)cc3C2)o1. The number of oxazole rings is 1. The van der Waals surface area contributed by atoms with Gasteiger partial charge in [0.05, 0.1) is 30.2 Å². The molecule has 1 aliphatic heterocycles. The van der Waals surface area contributed by atoms with Gasteiger partial charge in [0, 0.05) is 19.4 Å². The molecule has 1 amide bonds. The summed E-state index contributed by atoms with van der Waals surface area (Å²) in [5, 5.41) is 15.1. The molecule has 1 atom stereocenters. The number of carbonyl (C=O) groups is 1. The molecule has 0 saturated heterocycles. The Bertz CT molecular complexity index is 977. The third-order valence-corrected chi connectivity index (χ3v) is 5.05. The number of aromatic nitrogens is 3. The Morgan fingerprint density at radius 3 is 2.79 bits per heavy atom. The Morgan fingerprint density at radius 1 is 1.29 bits per heavy atom. The van der Waals surface area contributed by atoms with Gasteiger partial charge in [-0.1, -0.05) is 37.3 Å². The lowest BCUT2D eigenvalue weighted by atomic mass is 10.1. The minimum Gasteiger partial charge on any atom is -0.435 e. The fraction of sp³-hybridized carbons (Fsp3) is 0.381. The number of carbonyl (C=O) groups excluding carboxylic acids is 1. The highest BCUT2D eigenvalue weighted by Crippen LogP contribution is 2.23. The number of aliphatic hydroxyl groups is 1. The number of aliphatic hydroxyl groups excluding tert-OH is 1. The number of nitrogens with zero attached hydrogens (tertiary/aromatic N) is 4. The molecule has 3 aromatic rings. The van der Waals surface area contributed by atoms with Crippen molar-refractivity contribution in [3.8, 4) is 0 Å². The number of rotatable bonds is 5. The lowest BCUT2D eigenvalue weighted by Crippen LogP contribution is -2.38. The maximum absolute atomic E-state index is 12.9. The van der Waals surface area contributed by atoms with E-state index >= 15 is 0 Å². The van der Waals surface area contributed by atoms with Crippen LogP contribution < -0.4 is 0 Å². The van der Waals surface area contributed by atoms with Gasteiger partial charge in [0.25, 0.3) is 5.91 Å². The lowest BCUT2D eigenvalue weighted by Gasteiger charge is -2.26. The van der Waals surface area contributed by atoms with E-state index in [0.29, 0.717) is 55.5 Å². The molecule has 7 heteroatoms. The van der Waals surface area contributed by atoms with E-state index in [-0.39, 0.29) is 5.91 Å². The summed E-state index contributed by atoms with van der Waals surface area (Å²) in [7, 11) is 0. The van der Waals surface area contributed by atoms with Crippen molar-refractivity contribution in [2.24, 2.45) is 0 Å². The molecule has 0 unspecified atom stereocenters. The van der Waals surface area contributed by atoms with Gasteiger partial charge in [-0.2, -0.15) is 5.10 Å². The number of benzene rings is 1. The first-order valence-electron chi connectivity index (χ1n) is 9.59. The first-order chi connectivity index (χ1) is 13.5. The summed E-state index contributed by atoms with van der Waals surface area (Å²) in [6, 6.07) is 11.7. The van der Waals surface area contributed by atoms with E-state index in [1.165, 1.54) is 0 Å². The number of hydrogen-bond acceptors (Lipinski definition) is 5. The lowest BCUT2D eigenvalue weighted by molar-refractivity contribution is 0.0670. The number of hydrogen-bond donors (Lipinski definition) is 1. The quantitative estimate of drug-likeness (QED) is 0.736. The second kappa shape index (κ2) is 7.59. The minimum atomic E-state index is -0.673. The van der Waals surface area contributed by atoms with Crippen molar-refractivity contribution in [2.45, 2.75) is 45.9 Å². The molecule has 2 aromatic heterocycles. The van der Waals surface area contributed by atoms with Crippen LogP contribution >= 0.6 is 0 Å². The van der Waals surface area contributed by atoms with Crippen LogP contribution in [0.2, 0.25) is 0 Å². The van der Waals surface area contributed by atoms with Crippen LogP contribution in [-0.4, -0.2) is 37.2 Å². The predicted octanol–water partition coefficient (Wildman–Crippen LogP) is 2.67. The van der Waals surface area contributed by atoms with Crippen molar-refractivity contribution in [3.05, 3.63) is 70.7 Å². The van der Waals surface area contributed by atoms with E-state index in [0.717, 1.165) is 11.3 Å². The van der Waals surface area contributed by atoms with Crippen molar-refractivity contribution in [1.82, 2.24) is 19.7 Å². The molecule has 1 N–H and O–H groups in total. The van der Waals surface area contributed by atoms with Crippen LogP contribution in [0.15, 0.2) is 40.8 Å². The van der Waals surface area contributed by atoms with Crippen LogP contribution in [0.1, 0.15) is 52.1 Å². The van der Waals surface area contributed by atoms with E-state index in [4.69, 9.17) is 4.42 Å². The van der Waals surface area contributed by atoms with Crippen LogP contribution in [-0.2, 0) is 25.9 Å². The molecule has 0 aliphatic carbocycles. The summed E-state index contributed by atoms with van der Waals surface area (Å²) >= 11 is 0. The standard InChI is InChI=1S/C21H24N4O3/c1-3-19-22-14(2)20(28-19)21(27)24-9-10-25-16(13-24)12-17(23-25)18(26)11-15-7-5-4-6-8-15/h4-8,12,18,26H,3,9-11,13H2,1-2H3/t18-/m0/s1. The molecule has 0 radical (unpaired) electrons. The summed E-state index contributed by atoms with van der Waals surface area (Å²) in [4.78, 5) is 18.9. The maximum Gasteiger partial charge on any atom is 0.291 e. The number of amides is 1. The highest BCUT2D eigenvalue weighted by atomic mass is 16.4. The fourth-order valence-electron chi connectivity index (χ4n) is 3.51. The van der Waals surface area contributed by atoms with Crippen molar-refractivity contribution >= 4 is 5.91 Å². The molecule has 0 bridgehead atoms. The van der Waals surface area contributed by atoms with Crippen molar-refractivity contribution in [1.29, 1.82) is 0 Å². The summed E-state index contributed by atoms with van der Waals surface area (Å²) in [5.41, 5.74) is 3.23. The Morgan fingerprint density at radius 2 is 2.07 bits per heavy atom. The van der Waals surface area contributed by atoms with Crippen molar-refractivity contribution < 1.29 is 14.3 Å². The smallest absolute Gasteiger partial charge is 0.291 e. The molecule has 0 saturated carbocycles. The minimum absolute atomic E-state index is 0.150. The normalized spacial score (nSPS) is 14.8. The highest BCUT2D eigenvalue weighted by molar-refractivity contribution is 5.92. The zero-order chi connectivity index (χ0) is 19.7. The number of aryl methyl sites for hydroxylation is 2. The second-order valence-electron chi connectivity index (χ2n) is 7.09. The predicted molar refractivity (Wildman–Crippen MR) is 103 cm³/mol. The van der Waals surface area contributed by atoms with Crippen LogP contribution in [0, 0.1) is 6.92 Å². The van der Waals surface area contributed by atoms with Gasteiger partial charge in [-0.25, -0.2) is 4.98 Å². The first-order valence-corrected chi connectivity index (χ1v) is 9.59. The molecule has 4 rings (SSSR count). The van der Waals surface area contributed by atoms with Crippen LogP contribution in [0.3, 0.4) is 0 Å². The van der Waals surface area contributed by atoms with Crippen molar-refractivity contribution in [2.75, 3.05) is 6.54 Å². The van der Waals surface area contributed by atoms with Crippen LogP contribution in [0.5, 0.6) is 0 Å². The molecule has 28 heavy (non-hydrogen) atoms. The van der Waals surface area contributed by atoms with Gasteiger partial charge in [0.2, 0.25) is 5.76 Å². The maximum atomic E-state index is 12.9. The van der Waals surface area contributed by atoms with Gasteiger partial charge in [-0.15, -0.1) is 0 Å². The van der Waals surface area contributed by atoms with E-state index < -0.39 is 6.10 Å². The van der Waals surface area contributed by atoms with E-state index in [2.05, 4.69) is 10.1 Å². The monoisotopic (exact) mass is 380 g/mol. The number of fused-ring (bicyclic) bond motifs is 1. The second-order valence-corrected chi connectivity index (χ2v) is 7.09. The van der Waals surface area contributed by atoms with Crippen LogP contribution in [0.25, 0.3) is 0 Å². The zero-order valence-corrected chi connectivity index (χ0v) is 16.1. The molecule has 7 nitrogen and oxygen atoms in total. The van der Waals surface area contributed by atoms with Crippen LogP contribution in [0.4, 0.5) is 0 Å². The topological polar surface area (TPSA) is 84.4 Å². The van der Waals surface area contributed by atoms with Gasteiger partial charge >= 0.3 is 0 Å². The molecular formula is C21H24N4O3. The third kappa shape index (κ3) is 3.57. The van der Waals surface area contributed by atoms with Crippen molar-refractivity contribution in [3.63, 3.8) is 0 Å². The Balaban J connectivity index is 1.48. The summed E-state index contributed by atoms with van der Waals surface area (Å²) in [6.45, 7) is 5.31. The summed E-state index contributed by atoms with van der Waals surface area (Å²) < 4.78 is 7.48. The largest absolute Gasteiger partial charge is 0.435 e. The van der Waals surface area contributed by atoms with E-state index in [9.17, 15) is 9.90 Å². The molecule has 1 aliphatic rings. The average molecular weight is 380 g/mol. The third-order valence-electron chi connectivity index (χ3n) is 5.05. The summed E-state index contributed by atoms with van der Waals surface area (Å²) in [6.07, 6.45) is 0.494. The summed E-state index contributed by atoms with van der Waals surface area (Å²) in [5.74, 6) is 0.743. The van der Waals surface area contributed by atoms with E-state index in [1.54, 1.807) is 11.8 Å². The first kappa shape index (κ1) is 18.4. The Hall–Kier alpha value is -2.93. The Kier molecular flexibility index (Phi) is 5.00. The zero-order valence-electron chi connectivity index (χ0n) is 16.1. The van der Waals surface area contributed by atoms with E-state index in [1.807, 2.05) is 48.0 Å². The van der Waals surface area contributed by atoms with Gasteiger partial charge in [0.15, 0.2) is 5.89 Å². The van der Waals surface area contributed by atoms with Gasteiger partial charge in [-0.3, -0.25) is 9.48 Å². The molecule has 3 heterocycles. The molecule has 0 spiro atoms. The Labute approximate surface area is 163 Å². The average Bonchev–Trinajstić information content (AvgIpc) is 3.31. The van der Waals surface area contributed by atoms with Gasteiger partial charge < -0.3 is 14.4 Å². The van der Waals surface area contributed by atoms with Gasteiger partial charge in [0.1, 0.15) is 6.10 Å². The highest BCUT2D eigenvalue weighted by Gasteiger charge is 2.28. The van der Waals surface area contributed by atoms with Gasteiger partial charge in [-0.05, 0) is 18.6 Å². The molecule has 146 valence electrons.